The molecule has 2 rings (SSSR count). The third-order valence-corrected chi connectivity index (χ3v) is 3.64. The van der Waals surface area contributed by atoms with Gasteiger partial charge in [0, 0.05) is 10.9 Å². The van der Waals surface area contributed by atoms with Crippen LogP contribution in [0.25, 0.3) is 0 Å². The summed E-state index contributed by atoms with van der Waals surface area (Å²) >= 11 is 1.57. The van der Waals surface area contributed by atoms with Gasteiger partial charge in [-0.15, -0.1) is 11.3 Å². The summed E-state index contributed by atoms with van der Waals surface area (Å²) in [5.74, 6) is 0.935. The van der Waals surface area contributed by atoms with E-state index < -0.39 is 0 Å². The minimum atomic E-state index is -0.316. The molecule has 0 fully saturated rings. The van der Waals surface area contributed by atoms with E-state index in [1.165, 1.54) is 0 Å². The summed E-state index contributed by atoms with van der Waals surface area (Å²) in [6.07, 6.45) is 1.63. The van der Waals surface area contributed by atoms with Crippen LogP contribution < -0.4 is 14.9 Å². The summed E-state index contributed by atoms with van der Waals surface area (Å²) in [5, 5.41) is 5.88. The van der Waals surface area contributed by atoms with Crippen molar-refractivity contribution >= 4 is 23.5 Å². The Kier molecular flexibility index (Phi) is 5.34. The van der Waals surface area contributed by atoms with Gasteiger partial charge in [-0.2, -0.15) is 5.10 Å². The Morgan fingerprint density at radius 1 is 1.38 bits per heavy atom. The molecule has 0 radical (unpaired) electrons. The fourth-order valence-electron chi connectivity index (χ4n) is 1.55. The molecule has 0 aliphatic rings. The number of methoxy groups -OCH3 is 1. The van der Waals surface area contributed by atoms with Crippen molar-refractivity contribution in [2.24, 2.45) is 5.10 Å². The summed E-state index contributed by atoms with van der Waals surface area (Å²) in [7, 11) is 1.58. The lowest BCUT2D eigenvalue weighted by Crippen LogP contribution is -2.24. The lowest BCUT2D eigenvalue weighted by Gasteiger charge is -2.06. The first-order valence-electron chi connectivity index (χ1n) is 6.32. The number of amides is 1. The van der Waals surface area contributed by atoms with Crippen molar-refractivity contribution in [2.75, 3.05) is 13.7 Å². The second-order valence-corrected chi connectivity index (χ2v) is 5.18. The molecule has 0 spiro atoms. The molecule has 1 heterocycles. The summed E-state index contributed by atoms with van der Waals surface area (Å²) in [5.41, 5.74) is 3.56. The van der Waals surface area contributed by atoms with Gasteiger partial charge in [0.25, 0.3) is 5.91 Å². The average Bonchev–Trinajstić information content (AvgIpc) is 2.91. The number of carbonyl (C=O) groups excluding carboxylic acids is 1. The van der Waals surface area contributed by atoms with Gasteiger partial charge in [-0.05, 0) is 36.1 Å². The number of benzene rings is 1. The number of nitrogens with one attached hydrogen (secondary N) is 1. The molecule has 1 amide bonds. The van der Waals surface area contributed by atoms with Crippen LogP contribution >= 0.6 is 11.3 Å². The molecule has 0 aliphatic carbocycles. The highest BCUT2D eigenvalue weighted by Gasteiger charge is 2.02. The standard InChI is InChI=1S/C15H16N2O3S/c1-11-6-7-21-14(11)9-16-17-15(18)10-20-13-5-3-4-12(8-13)19-2/h3-9H,10H2,1-2H3,(H,17,18)/b16-9+. The topological polar surface area (TPSA) is 59.9 Å². The van der Waals surface area contributed by atoms with E-state index >= 15 is 0 Å². The number of hydrazone groups is 1. The average molecular weight is 304 g/mol. The van der Waals surface area contributed by atoms with Crippen molar-refractivity contribution < 1.29 is 14.3 Å². The van der Waals surface area contributed by atoms with Crippen LogP contribution in [0.3, 0.4) is 0 Å². The van der Waals surface area contributed by atoms with E-state index in [0.717, 1.165) is 10.4 Å². The first-order chi connectivity index (χ1) is 10.2. The van der Waals surface area contributed by atoms with Gasteiger partial charge in [-0.25, -0.2) is 5.43 Å². The Morgan fingerprint density at radius 3 is 2.90 bits per heavy atom. The van der Waals surface area contributed by atoms with E-state index in [2.05, 4.69) is 10.5 Å². The van der Waals surface area contributed by atoms with E-state index in [1.54, 1.807) is 48.9 Å². The van der Waals surface area contributed by atoms with Gasteiger partial charge in [0.15, 0.2) is 6.61 Å². The number of aryl methyl sites for hydroxylation is 1. The predicted octanol–water partition coefficient (Wildman–Crippen LogP) is 2.59. The zero-order chi connectivity index (χ0) is 15.1. The number of carbonyl (C=O) groups is 1. The minimum Gasteiger partial charge on any atom is -0.497 e. The lowest BCUT2D eigenvalue weighted by atomic mass is 10.3. The minimum absolute atomic E-state index is 0.103. The monoisotopic (exact) mass is 304 g/mol. The molecule has 0 saturated heterocycles. The molecule has 1 aromatic heterocycles. The smallest absolute Gasteiger partial charge is 0.277 e. The molecule has 1 N–H and O–H groups in total. The Balaban J connectivity index is 1.79. The first kappa shape index (κ1) is 15.1. The zero-order valence-electron chi connectivity index (χ0n) is 11.8. The summed E-state index contributed by atoms with van der Waals surface area (Å²) < 4.78 is 10.4. The van der Waals surface area contributed by atoms with Crippen molar-refractivity contribution in [1.29, 1.82) is 0 Å². The van der Waals surface area contributed by atoms with E-state index in [1.807, 2.05) is 18.4 Å². The van der Waals surface area contributed by atoms with Gasteiger partial charge < -0.3 is 9.47 Å². The zero-order valence-corrected chi connectivity index (χ0v) is 12.6. The number of nitrogens with zero attached hydrogens (tertiary/aromatic N) is 1. The summed E-state index contributed by atoms with van der Waals surface area (Å²) in [6.45, 7) is 1.89. The fourth-order valence-corrected chi connectivity index (χ4v) is 2.34. The number of rotatable bonds is 6. The normalized spacial score (nSPS) is 10.6. The third-order valence-electron chi connectivity index (χ3n) is 2.68. The van der Waals surface area contributed by atoms with Crippen LogP contribution in [0.1, 0.15) is 10.4 Å². The van der Waals surface area contributed by atoms with Crippen LogP contribution in [0.15, 0.2) is 40.8 Å². The molecular formula is C15H16N2O3S. The number of thiophene rings is 1. The van der Waals surface area contributed by atoms with Gasteiger partial charge in [-0.1, -0.05) is 6.07 Å². The molecule has 0 atom stereocenters. The van der Waals surface area contributed by atoms with Gasteiger partial charge >= 0.3 is 0 Å². The van der Waals surface area contributed by atoms with Crippen molar-refractivity contribution in [3.05, 3.63) is 46.2 Å². The summed E-state index contributed by atoms with van der Waals surface area (Å²) in [4.78, 5) is 12.6. The molecule has 110 valence electrons. The third kappa shape index (κ3) is 4.61. The number of hydrogen-bond donors (Lipinski definition) is 1. The fraction of sp³-hybridized carbons (Fsp3) is 0.200. The molecule has 6 heteroatoms. The van der Waals surface area contributed by atoms with Gasteiger partial charge in [0.2, 0.25) is 0 Å². The Hall–Kier alpha value is -2.34. The van der Waals surface area contributed by atoms with Crippen LogP contribution in [0, 0.1) is 6.92 Å². The van der Waals surface area contributed by atoms with E-state index in [0.29, 0.717) is 11.5 Å². The Bertz CT molecular complexity index is 637. The molecule has 5 nitrogen and oxygen atoms in total. The van der Waals surface area contributed by atoms with Gasteiger partial charge in [-0.3, -0.25) is 4.79 Å². The molecule has 0 bridgehead atoms. The predicted molar refractivity (Wildman–Crippen MR) is 83.3 cm³/mol. The second kappa shape index (κ2) is 7.44. The highest BCUT2D eigenvalue weighted by molar-refractivity contribution is 7.11. The van der Waals surface area contributed by atoms with Gasteiger partial charge in [0.05, 0.1) is 13.3 Å². The van der Waals surface area contributed by atoms with Crippen molar-refractivity contribution in [3.63, 3.8) is 0 Å². The van der Waals surface area contributed by atoms with Crippen LogP contribution in [-0.4, -0.2) is 25.8 Å². The number of hydrogen-bond acceptors (Lipinski definition) is 5. The molecule has 21 heavy (non-hydrogen) atoms. The highest BCUT2D eigenvalue weighted by Crippen LogP contribution is 2.18. The van der Waals surface area contributed by atoms with E-state index in [-0.39, 0.29) is 12.5 Å². The van der Waals surface area contributed by atoms with Crippen molar-refractivity contribution in [1.82, 2.24) is 5.43 Å². The quantitative estimate of drug-likeness (QED) is 0.659. The van der Waals surface area contributed by atoms with Crippen molar-refractivity contribution in [3.8, 4) is 11.5 Å². The largest absolute Gasteiger partial charge is 0.497 e. The summed E-state index contributed by atoms with van der Waals surface area (Å²) in [6, 6.07) is 9.07. The van der Waals surface area contributed by atoms with E-state index in [4.69, 9.17) is 9.47 Å². The SMILES string of the molecule is COc1cccc(OCC(=O)N/N=C/c2sccc2C)c1. The van der Waals surface area contributed by atoms with Crippen LogP contribution in [0.2, 0.25) is 0 Å². The lowest BCUT2D eigenvalue weighted by molar-refractivity contribution is -0.123. The maximum Gasteiger partial charge on any atom is 0.277 e. The molecule has 0 aliphatic heterocycles. The van der Waals surface area contributed by atoms with E-state index in [9.17, 15) is 4.79 Å². The molecular weight excluding hydrogens is 288 g/mol. The van der Waals surface area contributed by atoms with Crippen LogP contribution in [-0.2, 0) is 4.79 Å². The van der Waals surface area contributed by atoms with Gasteiger partial charge in [0.1, 0.15) is 11.5 Å². The Labute approximate surface area is 127 Å². The van der Waals surface area contributed by atoms with Crippen LogP contribution in [0.5, 0.6) is 11.5 Å². The Morgan fingerprint density at radius 2 is 2.19 bits per heavy atom. The molecule has 2 aromatic rings. The molecule has 0 unspecified atom stereocenters. The number of ether oxygens (including phenoxy) is 2. The second-order valence-electron chi connectivity index (χ2n) is 4.23. The van der Waals surface area contributed by atoms with Crippen LogP contribution in [0.4, 0.5) is 0 Å². The molecule has 1 aromatic carbocycles. The molecule has 0 saturated carbocycles. The maximum absolute atomic E-state index is 11.6. The maximum atomic E-state index is 11.6. The highest BCUT2D eigenvalue weighted by atomic mass is 32.1. The first-order valence-corrected chi connectivity index (χ1v) is 7.20. The van der Waals surface area contributed by atoms with Crippen molar-refractivity contribution in [2.45, 2.75) is 6.92 Å².